The first-order valence-electron chi connectivity index (χ1n) is 7.00. The van der Waals surface area contributed by atoms with Crippen LogP contribution in [-0.2, 0) is 6.42 Å². The molecule has 21 heavy (non-hydrogen) atoms. The van der Waals surface area contributed by atoms with E-state index < -0.39 is 0 Å². The number of rotatable bonds is 1. The van der Waals surface area contributed by atoms with Gasteiger partial charge >= 0.3 is 0 Å². The highest BCUT2D eigenvalue weighted by molar-refractivity contribution is 6.01. The molecule has 1 aromatic carbocycles. The number of ketones is 1. The Morgan fingerprint density at radius 3 is 2.48 bits per heavy atom. The van der Waals surface area contributed by atoms with Gasteiger partial charge in [-0.1, -0.05) is 24.1 Å². The Kier molecular flexibility index (Phi) is 3.50. The molecule has 0 saturated carbocycles. The third-order valence-corrected chi connectivity index (χ3v) is 3.91. The number of hydrogen-bond donors (Lipinski definition) is 0. The number of hydrogen-bond acceptors (Lipinski definition) is 2. The molecule has 0 bridgehead atoms. The number of Topliss-reactive ketones (excluding diaryl/α,β-unsaturated/α-hetero) is 1. The molecule has 0 N–H and O–H groups in total. The van der Waals surface area contributed by atoms with Gasteiger partial charge in [0.05, 0.1) is 13.0 Å². The molecule has 0 spiro atoms. The van der Waals surface area contributed by atoms with Gasteiger partial charge in [-0.25, -0.2) is 0 Å². The van der Waals surface area contributed by atoms with Gasteiger partial charge in [-0.05, 0) is 53.8 Å². The standard InChI is InChI=1S/C13H12O2.C6H4/c1-3-9-4-5-10-8-11(15-2)6-7-12(10)13(9)14;1-2-5-4-6(5)3-1/h1,6-9H,4-5H2,2H3;1-4H. The fourth-order valence-electron chi connectivity index (χ4n) is 2.60. The summed E-state index contributed by atoms with van der Waals surface area (Å²) in [6.07, 6.45) is 6.91. The third kappa shape index (κ3) is 2.68. The monoisotopic (exact) mass is 276 g/mol. The fourth-order valence-corrected chi connectivity index (χ4v) is 2.60. The second kappa shape index (κ2) is 5.46. The Balaban J connectivity index is 0.000000180. The topological polar surface area (TPSA) is 26.3 Å². The van der Waals surface area contributed by atoms with E-state index in [2.05, 4.69) is 30.2 Å². The molecular formula is C19H16O2. The summed E-state index contributed by atoms with van der Waals surface area (Å²) in [5, 5.41) is 0. The van der Waals surface area contributed by atoms with Crippen molar-refractivity contribution >= 4 is 5.78 Å². The molecule has 3 aliphatic rings. The predicted molar refractivity (Wildman–Crippen MR) is 83.4 cm³/mol. The minimum atomic E-state index is -0.245. The Hall–Kier alpha value is -2.53. The molecule has 0 heterocycles. The summed E-state index contributed by atoms with van der Waals surface area (Å²) in [4.78, 5) is 11.9. The number of benzene rings is 2. The molecule has 1 aromatic rings. The number of carbonyl (C=O) groups excluding carboxylic acids is 1. The van der Waals surface area contributed by atoms with Crippen molar-refractivity contribution < 1.29 is 9.53 Å². The summed E-state index contributed by atoms with van der Waals surface area (Å²) < 4.78 is 5.12. The zero-order valence-corrected chi connectivity index (χ0v) is 11.9. The molecule has 2 heteroatoms. The van der Waals surface area contributed by atoms with Crippen molar-refractivity contribution in [3.63, 3.8) is 0 Å². The van der Waals surface area contributed by atoms with Crippen molar-refractivity contribution in [1.29, 1.82) is 0 Å². The quantitative estimate of drug-likeness (QED) is 0.633. The van der Waals surface area contributed by atoms with Gasteiger partial charge in [0.15, 0.2) is 5.78 Å². The molecule has 4 rings (SSSR count). The van der Waals surface area contributed by atoms with Crippen molar-refractivity contribution in [2.75, 3.05) is 7.11 Å². The van der Waals surface area contributed by atoms with Crippen molar-refractivity contribution in [3.8, 4) is 29.2 Å². The van der Waals surface area contributed by atoms with Crippen molar-refractivity contribution in [2.24, 2.45) is 5.92 Å². The fraction of sp³-hybridized carbons (Fsp3) is 0.211. The van der Waals surface area contributed by atoms with Gasteiger partial charge in [-0.15, -0.1) is 6.42 Å². The molecule has 1 unspecified atom stereocenters. The largest absolute Gasteiger partial charge is 0.497 e. The van der Waals surface area contributed by atoms with E-state index in [1.165, 1.54) is 11.1 Å². The maximum atomic E-state index is 11.9. The lowest BCUT2D eigenvalue weighted by molar-refractivity contribution is 0.0935. The summed E-state index contributed by atoms with van der Waals surface area (Å²) >= 11 is 0. The summed E-state index contributed by atoms with van der Waals surface area (Å²) in [6, 6.07) is 14.0. The number of aryl methyl sites for hydroxylation is 1. The average molecular weight is 276 g/mol. The van der Waals surface area contributed by atoms with Crippen molar-refractivity contribution in [3.05, 3.63) is 53.6 Å². The van der Waals surface area contributed by atoms with Crippen LogP contribution in [0.3, 0.4) is 0 Å². The summed E-state index contributed by atoms with van der Waals surface area (Å²) in [5.74, 6) is 3.16. The number of fused-ring (bicyclic) bond motifs is 2. The van der Waals surface area contributed by atoms with Crippen LogP contribution in [0.15, 0.2) is 42.5 Å². The minimum absolute atomic E-state index is 0.0707. The summed E-state index contributed by atoms with van der Waals surface area (Å²) in [5.41, 5.74) is 4.65. The van der Waals surface area contributed by atoms with E-state index in [0.29, 0.717) is 0 Å². The first-order valence-corrected chi connectivity index (χ1v) is 7.00. The highest BCUT2D eigenvalue weighted by Gasteiger charge is 2.25. The Labute approximate surface area is 124 Å². The Morgan fingerprint density at radius 2 is 1.95 bits per heavy atom. The first-order chi connectivity index (χ1) is 10.2. The van der Waals surface area contributed by atoms with Gasteiger partial charge in [0.25, 0.3) is 0 Å². The lowest BCUT2D eigenvalue weighted by Crippen LogP contribution is -2.21. The summed E-state index contributed by atoms with van der Waals surface area (Å²) in [6.45, 7) is 0. The van der Waals surface area contributed by atoms with Gasteiger partial charge < -0.3 is 4.74 Å². The van der Waals surface area contributed by atoms with E-state index >= 15 is 0 Å². The van der Waals surface area contributed by atoms with Crippen molar-refractivity contribution in [1.82, 2.24) is 0 Å². The van der Waals surface area contributed by atoms with Crippen LogP contribution in [-0.4, -0.2) is 12.9 Å². The van der Waals surface area contributed by atoms with Gasteiger partial charge in [0.1, 0.15) is 5.75 Å². The van der Waals surface area contributed by atoms with Gasteiger partial charge in [0, 0.05) is 5.56 Å². The molecule has 0 saturated heterocycles. The van der Waals surface area contributed by atoms with E-state index in [4.69, 9.17) is 11.2 Å². The third-order valence-electron chi connectivity index (χ3n) is 3.91. The number of ether oxygens (including phenoxy) is 1. The minimum Gasteiger partial charge on any atom is -0.497 e. The first kappa shape index (κ1) is 13.5. The maximum Gasteiger partial charge on any atom is 0.178 e. The molecular weight excluding hydrogens is 260 g/mol. The molecule has 0 fully saturated rings. The van der Waals surface area contributed by atoms with Crippen molar-refractivity contribution in [2.45, 2.75) is 12.8 Å². The summed E-state index contributed by atoms with van der Waals surface area (Å²) in [7, 11) is 1.62. The zero-order valence-electron chi connectivity index (χ0n) is 11.9. The number of terminal acetylenes is 1. The van der Waals surface area contributed by atoms with Crippen LogP contribution in [0.4, 0.5) is 0 Å². The van der Waals surface area contributed by atoms with E-state index in [0.717, 1.165) is 29.7 Å². The van der Waals surface area contributed by atoms with E-state index in [1.54, 1.807) is 19.2 Å². The second-order valence-corrected chi connectivity index (χ2v) is 5.23. The van der Waals surface area contributed by atoms with E-state index in [9.17, 15) is 4.79 Å². The average Bonchev–Trinajstić information content (AvgIpc) is 3.13. The second-order valence-electron chi connectivity index (χ2n) is 5.23. The SMILES string of the molecule is C#CC1CCc2cc(OC)ccc2C1=O.c1cc2cc-2c1. The molecule has 2 nitrogen and oxygen atoms in total. The highest BCUT2D eigenvalue weighted by Crippen LogP contribution is 2.32. The normalized spacial score (nSPS) is 17.0. The zero-order chi connectivity index (χ0) is 14.8. The molecule has 0 amide bonds. The van der Waals surface area contributed by atoms with Crippen LogP contribution in [0.25, 0.3) is 11.1 Å². The molecule has 3 aliphatic carbocycles. The smallest absolute Gasteiger partial charge is 0.178 e. The maximum absolute atomic E-state index is 11.9. The molecule has 104 valence electrons. The molecule has 0 aromatic heterocycles. The van der Waals surface area contributed by atoms with Gasteiger partial charge in [-0.3, -0.25) is 4.79 Å². The van der Waals surface area contributed by atoms with Crippen LogP contribution in [0.5, 0.6) is 5.75 Å². The molecule has 1 atom stereocenters. The van der Waals surface area contributed by atoms with E-state index in [1.807, 2.05) is 6.07 Å². The number of carbonyl (C=O) groups is 1. The van der Waals surface area contributed by atoms with Crippen LogP contribution < -0.4 is 4.74 Å². The highest BCUT2D eigenvalue weighted by atomic mass is 16.5. The van der Waals surface area contributed by atoms with Crippen LogP contribution in [0, 0.1) is 18.3 Å². The molecule has 0 aliphatic heterocycles. The lowest BCUT2D eigenvalue weighted by atomic mass is 9.83. The van der Waals surface area contributed by atoms with Crippen LogP contribution >= 0.6 is 0 Å². The van der Waals surface area contributed by atoms with E-state index in [-0.39, 0.29) is 11.7 Å². The molecule has 0 radical (unpaired) electrons. The van der Waals surface area contributed by atoms with Crippen LogP contribution in [0.2, 0.25) is 0 Å². The Bertz CT molecular complexity index is 720. The number of methoxy groups -OCH3 is 1. The lowest BCUT2D eigenvalue weighted by Gasteiger charge is -2.19. The van der Waals surface area contributed by atoms with Gasteiger partial charge in [-0.2, -0.15) is 0 Å². The van der Waals surface area contributed by atoms with Crippen LogP contribution in [0.1, 0.15) is 22.3 Å². The Morgan fingerprint density at radius 1 is 1.19 bits per heavy atom. The van der Waals surface area contributed by atoms with Gasteiger partial charge in [0.2, 0.25) is 0 Å². The predicted octanol–water partition coefficient (Wildman–Crippen LogP) is 3.74.